The molecule has 1 heterocycles. The number of fused-ring (bicyclic) bond motifs is 1. The van der Waals surface area contributed by atoms with Crippen LogP contribution < -0.4 is 23.8 Å². The van der Waals surface area contributed by atoms with E-state index in [1.165, 1.54) is 16.8 Å². The van der Waals surface area contributed by atoms with Crippen LogP contribution in [0.15, 0.2) is 48.5 Å². The molecule has 0 aromatic heterocycles. The number of hydrogen-bond donors (Lipinski definition) is 0. The Labute approximate surface area is 121 Å². The molecule has 0 N–H and O–H groups in total. The molecule has 0 amide bonds. The molecule has 2 aromatic carbocycles. The Balaban J connectivity index is 0.00000120. The Hall–Kier alpha value is -1.16. The van der Waals surface area contributed by atoms with E-state index in [4.69, 9.17) is 0 Å². The smallest absolute Gasteiger partial charge is 0.417 e. The van der Waals surface area contributed by atoms with Crippen LogP contribution in [0.5, 0.6) is 0 Å². The molecular weight excluding hydrogens is 213 g/mol. The topological polar surface area (TPSA) is 3.24 Å². The molecule has 0 saturated heterocycles. The van der Waals surface area contributed by atoms with Gasteiger partial charge in [0, 0.05) is 12.6 Å². The summed E-state index contributed by atoms with van der Waals surface area (Å²) < 4.78 is 0. The first-order valence-corrected chi connectivity index (χ1v) is 6.15. The van der Waals surface area contributed by atoms with Crippen LogP contribution in [0.2, 0.25) is 0 Å². The number of hydrogen-bond acceptors (Lipinski definition) is 1. The molecule has 0 bridgehead atoms. The number of nitrogens with zero attached hydrogens (tertiary/aromatic N) is 1. The molecule has 1 atom stereocenters. The second-order valence-electron chi connectivity index (χ2n) is 4.70. The SMILES string of the molecule is CC1Cc2[c-]cccc2N1Cc1ccccc1.[Li+]. The minimum Gasteiger partial charge on any atom is -0.417 e. The number of benzene rings is 2. The van der Waals surface area contributed by atoms with Crippen molar-refractivity contribution in [2.75, 3.05) is 4.90 Å². The van der Waals surface area contributed by atoms with Crippen LogP contribution in [0, 0.1) is 6.07 Å². The summed E-state index contributed by atoms with van der Waals surface area (Å²) in [6.07, 6.45) is 1.11. The number of anilines is 1. The van der Waals surface area contributed by atoms with Crippen molar-refractivity contribution in [2.24, 2.45) is 0 Å². The summed E-state index contributed by atoms with van der Waals surface area (Å²) >= 11 is 0. The van der Waals surface area contributed by atoms with Crippen LogP contribution in [-0.2, 0) is 13.0 Å². The Kier molecular flexibility index (Phi) is 4.17. The molecule has 0 radical (unpaired) electrons. The maximum absolute atomic E-state index is 3.35. The maximum Gasteiger partial charge on any atom is 1.00 e. The van der Waals surface area contributed by atoms with Gasteiger partial charge in [-0.2, -0.15) is 18.2 Å². The first-order valence-electron chi connectivity index (χ1n) is 6.15. The van der Waals surface area contributed by atoms with Crippen LogP contribution in [0.3, 0.4) is 0 Å². The van der Waals surface area contributed by atoms with Crippen molar-refractivity contribution in [3.05, 3.63) is 65.7 Å². The summed E-state index contributed by atoms with van der Waals surface area (Å²) in [5.74, 6) is 0. The van der Waals surface area contributed by atoms with Crippen LogP contribution in [0.1, 0.15) is 18.1 Å². The Bertz CT molecular complexity index is 510. The van der Waals surface area contributed by atoms with E-state index in [1.807, 2.05) is 6.07 Å². The van der Waals surface area contributed by atoms with E-state index in [2.05, 4.69) is 60.4 Å². The fraction of sp³-hybridized carbons (Fsp3) is 0.250. The van der Waals surface area contributed by atoms with Crippen molar-refractivity contribution in [3.63, 3.8) is 0 Å². The Morgan fingerprint density at radius 1 is 1.17 bits per heavy atom. The van der Waals surface area contributed by atoms with Gasteiger partial charge in [0.1, 0.15) is 0 Å². The summed E-state index contributed by atoms with van der Waals surface area (Å²) in [6.45, 7) is 3.28. The van der Waals surface area contributed by atoms with Crippen molar-refractivity contribution in [1.29, 1.82) is 0 Å². The standard InChI is InChI=1S/C16H16N.Li/c1-13-11-15-9-5-6-10-16(15)17(13)12-14-7-3-2-4-8-14;/h2-8,10,13H,11-12H2,1H3;/q-1;+1. The van der Waals surface area contributed by atoms with E-state index >= 15 is 0 Å². The van der Waals surface area contributed by atoms with Gasteiger partial charge in [-0.1, -0.05) is 36.0 Å². The molecule has 1 aliphatic rings. The zero-order valence-corrected chi connectivity index (χ0v) is 11.1. The fourth-order valence-corrected chi connectivity index (χ4v) is 2.56. The van der Waals surface area contributed by atoms with E-state index in [0.717, 1.165) is 13.0 Å². The Morgan fingerprint density at radius 2 is 1.94 bits per heavy atom. The minimum atomic E-state index is 0. The second kappa shape index (κ2) is 5.65. The van der Waals surface area contributed by atoms with Gasteiger partial charge < -0.3 is 4.90 Å². The molecule has 0 spiro atoms. The largest absolute Gasteiger partial charge is 1.00 e. The van der Waals surface area contributed by atoms with Gasteiger partial charge in [0.2, 0.25) is 0 Å². The molecule has 2 aromatic rings. The maximum atomic E-state index is 3.35. The summed E-state index contributed by atoms with van der Waals surface area (Å²) in [5, 5.41) is 0. The summed E-state index contributed by atoms with van der Waals surface area (Å²) in [4.78, 5) is 2.47. The van der Waals surface area contributed by atoms with Crippen LogP contribution in [-0.4, -0.2) is 6.04 Å². The van der Waals surface area contributed by atoms with Gasteiger partial charge in [0.15, 0.2) is 0 Å². The molecule has 0 aliphatic carbocycles. The van der Waals surface area contributed by atoms with Gasteiger partial charge in [0.05, 0.1) is 0 Å². The van der Waals surface area contributed by atoms with E-state index in [9.17, 15) is 0 Å². The van der Waals surface area contributed by atoms with E-state index in [-0.39, 0.29) is 18.9 Å². The van der Waals surface area contributed by atoms with Gasteiger partial charge in [-0.25, -0.2) is 0 Å². The Morgan fingerprint density at radius 3 is 2.72 bits per heavy atom. The van der Waals surface area contributed by atoms with Crippen molar-refractivity contribution in [1.82, 2.24) is 0 Å². The molecular formula is C16H16LiN. The summed E-state index contributed by atoms with van der Waals surface area (Å²) in [5.41, 5.74) is 4.08. The fourth-order valence-electron chi connectivity index (χ4n) is 2.56. The van der Waals surface area contributed by atoms with Gasteiger partial charge in [-0.3, -0.25) is 0 Å². The minimum absolute atomic E-state index is 0. The predicted molar refractivity (Wildman–Crippen MR) is 71.1 cm³/mol. The molecule has 0 saturated carbocycles. The van der Waals surface area contributed by atoms with Crippen molar-refractivity contribution >= 4 is 5.69 Å². The van der Waals surface area contributed by atoms with Gasteiger partial charge in [-0.15, -0.1) is 11.6 Å². The van der Waals surface area contributed by atoms with Gasteiger partial charge >= 0.3 is 18.9 Å². The molecule has 86 valence electrons. The third-order valence-electron chi connectivity index (χ3n) is 3.45. The number of rotatable bonds is 2. The average Bonchev–Trinajstić information content (AvgIpc) is 2.68. The van der Waals surface area contributed by atoms with E-state index in [1.54, 1.807) is 0 Å². The van der Waals surface area contributed by atoms with Crippen LogP contribution >= 0.6 is 0 Å². The zero-order chi connectivity index (χ0) is 11.7. The zero-order valence-electron chi connectivity index (χ0n) is 11.1. The van der Waals surface area contributed by atoms with E-state index < -0.39 is 0 Å². The molecule has 1 aliphatic heterocycles. The molecule has 2 heteroatoms. The van der Waals surface area contributed by atoms with Crippen LogP contribution in [0.25, 0.3) is 0 Å². The van der Waals surface area contributed by atoms with Crippen molar-refractivity contribution in [3.8, 4) is 0 Å². The summed E-state index contributed by atoms with van der Waals surface area (Å²) in [6, 6.07) is 20.9. The quantitative estimate of drug-likeness (QED) is 0.533. The van der Waals surface area contributed by atoms with Gasteiger partial charge in [0.25, 0.3) is 0 Å². The predicted octanol–water partition coefficient (Wildman–Crippen LogP) is 0.442. The van der Waals surface area contributed by atoms with Crippen molar-refractivity contribution in [2.45, 2.75) is 25.9 Å². The third-order valence-corrected chi connectivity index (χ3v) is 3.45. The first-order chi connectivity index (χ1) is 8.34. The monoisotopic (exact) mass is 229 g/mol. The molecule has 1 nitrogen and oxygen atoms in total. The average molecular weight is 229 g/mol. The van der Waals surface area contributed by atoms with Crippen LogP contribution in [0.4, 0.5) is 5.69 Å². The third kappa shape index (κ3) is 2.48. The second-order valence-corrected chi connectivity index (χ2v) is 4.70. The first kappa shape index (κ1) is 13.3. The molecule has 1 unspecified atom stereocenters. The molecule has 0 fully saturated rings. The molecule has 18 heavy (non-hydrogen) atoms. The van der Waals surface area contributed by atoms with E-state index in [0.29, 0.717) is 6.04 Å². The van der Waals surface area contributed by atoms with Crippen molar-refractivity contribution < 1.29 is 18.9 Å². The van der Waals surface area contributed by atoms with Gasteiger partial charge in [-0.05, 0) is 18.9 Å². The molecule has 3 rings (SSSR count). The normalized spacial score (nSPS) is 17.2. The summed E-state index contributed by atoms with van der Waals surface area (Å²) in [7, 11) is 0.